The number of aromatic amines is 1. The molecule has 4 nitrogen and oxygen atoms in total. The molecule has 0 aromatic carbocycles. The lowest BCUT2D eigenvalue weighted by Gasteiger charge is -2.00. The number of anilines is 2. The highest BCUT2D eigenvalue weighted by molar-refractivity contribution is 5.70. The van der Waals surface area contributed by atoms with E-state index < -0.39 is 0 Å². The number of H-pyrrole nitrogens is 1. The third kappa shape index (κ3) is 0.790. The summed E-state index contributed by atoms with van der Waals surface area (Å²) in [5.41, 5.74) is 7.54. The minimum absolute atomic E-state index is 0.210. The van der Waals surface area contributed by atoms with Crippen molar-refractivity contribution in [2.45, 2.75) is 6.42 Å². The summed E-state index contributed by atoms with van der Waals surface area (Å²) in [5.74, 6) is 0. The Morgan fingerprint density at radius 1 is 1.55 bits per heavy atom. The molecule has 0 saturated heterocycles. The van der Waals surface area contributed by atoms with Crippen molar-refractivity contribution in [1.82, 2.24) is 4.98 Å². The predicted molar refractivity (Wildman–Crippen MR) is 43.7 cm³/mol. The first-order valence-corrected chi connectivity index (χ1v) is 3.53. The van der Waals surface area contributed by atoms with E-state index in [9.17, 15) is 4.79 Å². The van der Waals surface area contributed by atoms with E-state index in [-0.39, 0.29) is 5.56 Å². The van der Waals surface area contributed by atoms with Crippen LogP contribution in [-0.2, 0) is 6.42 Å². The van der Waals surface area contributed by atoms with Crippen molar-refractivity contribution in [3.05, 3.63) is 22.1 Å². The standard InChI is InChI=1S/C7H9N3O/c8-5-6-4(1-2-9-6)3-10-7(5)11/h3,9H,1-2,8H2,(H,10,11). The highest BCUT2D eigenvalue weighted by atomic mass is 16.1. The van der Waals surface area contributed by atoms with Gasteiger partial charge in [-0.1, -0.05) is 0 Å². The monoisotopic (exact) mass is 151 g/mol. The van der Waals surface area contributed by atoms with Crippen molar-refractivity contribution in [3.63, 3.8) is 0 Å². The molecule has 4 N–H and O–H groups in total. The largest absolute Gasteiger partial charge is 0.393 e. The lowest BCUT2D eigenvalue weighted by atomic mass is 10.2. The summed E-state index contributed by atoms with van der Waals surface area (Å²) in [6.07, 6.45) is 2.66. The molecule has 1 aliphatic rings. The van der Waals surface area contributed by atoms with Crippen LogP contribution in [0, 0.1) is 0 Å². The van der Waals surface area contributed by atoms with E-state index in [1.54, 1.807) is 6.20 Å². The third-order valence-electron chi connectivity index (χ3n) is 1.91. The molecule has 0 radical (unpaired) electrons. The molecule has 4 heteroatoms. The van der Waals surface area contributed by atoms with Gasteiger partial charge in [-0.15, -0.1) is 0 Å². The van der Waals surface area contributed by atoms with E-state index in [0.29, 0.717) is 5.69 Å². The third-order valence-corrected chi connectivity index (χ3v) is 1.91. The van der Waals surface area contributed by atoms with E-state index in [2.05, 4.69) is 10.3 Å². The maximum absolute atomic E-state index is 11.0. The van der Waals surface area contributed by atoms with E-state index in [1.165, 1.54) is 0 Å². The molecule has 11 heavy (non-hydrogen) atoms. The smallest absolute Gasteiger partial charge is 0.273 e. The van der Waals surface area contributed by atoms with E-state index in [0.717, 1.165) is 24.2 Å². The van der Waals surface area contributed by atoms with Gasteiger partial charge in [0.1, 0.15) is 5.69 Å². The van der Waals surface area contributed by atoms with Crippen molar-refractivity contribution in [2.24, 2.45) is 0 Å². The topological polar surface area (TPSA) is 70.9 Å². The average Bonchev–Trinajstić information content (AvgIpc) is 2.45. The highest BCUT2D eigenvalue weighted by Crippen LogP contribution is 2.23. The molecule has 2 heterocycles. The fraction of sp³-hybridized carbons (Fsp3) is 0.286. The fourth-order valence-corrected chi connectivity index (χ4v) is 1.32. The van der Waals surface area contributed by atoms with Crippen LogP contribution in [0.1, 0.15) is 5.56 Å². The number of rotatable bonds is 0. The minimum atomic E-state index is -0.210. The van der Waals surface area contributed by atoms with E-state index >= 15 is 0 Å². The van der Waals surface area contributed by atoms with Gasteiger partial charge in [0, 0.05) is 12.7 Å². The van der Waals surface area contributed by atoms with Crippen LogP contribution in [-0.4, -0.2) is 11.5 Å². The molecule has 0 amide bonds. The van der Waals surface area contributed by atoms with Crippen LogP contribution in [0.2, 0.25) is 0 Å². The van der Waals surface area contributed by atoms with Gasteiger partial charge in [0.25, 0.3) is 5.56 Å². The maximum atomic E-state index is 11.0. The summed E-state index contributed by atoms with van der Waals surface area (Å²) < 4.78 is 0. The number of aromatic nitrogens is 1. The van der Waals surface area contributed by atoms with E-state index in [1.807, 2.05) is 0 Å². The number of nitrogens with one attached hydrogen (secondary N) is 2. The first-order chi connectivity index (χ1) is 5.29. The first-order valence-electron chi connectivity index (χ1n) is 3.53. The molecule has 58 valence electrons. The second kappa shape index (κ2) is 2.02. The Kier molecular flexibility index (Phi) is 1.15. The van der Waals surface area contributed by atoms with Crippen molar-refractivity contribution >= 4 is 11.4 Å². The SMILES string of the molecule is Nc1c2c(c[nH]c1=O)CCN2. The van der Waals surface area contributed by atoms with Crippen LogP contribution < -0.4 is 16.6 Å². The summed E-state index contributed by atoms with van der Waals surface area (Å²) >= 11 is 0. The molecule has 0 aliphatic carbocycles. The molecular formula is C7H9N3O. The van der Waals surface area contributed by atoms with Crippen LogP contribution in [0.15, 0.2) is 11.0 Å². The number of nitrogens with two attached hydrogens (primary N) is 1. The zero-order valence-corrected chi connectivity index (χ0v) is 5.98. The van der Waals surface area contributed by atoms with Gasteiger partial charge < -0.3 is 16.0 Å². The molecule has 0 fully saturated rings. The number of hydrogen-bond acceptors (Lipinski definition) is 3. The molecule has 1 aliphatic heterocycles. The molecule has 0 atom stereocenters. The molecule has 1 aromatic rings. The van der Waals surface area contributed by atoms with Gasteiger partial charge in [-0.3, -0.25) is 4.79 Å². The second-order valence-electron chi connectivity index (χ2n) is 2.61. The molecule has 2 rings (SSSR count). The van der Waals surface area contributed by atoms with Crippen molar-refractivity contribution < 1.29 is 0 Å². The first kappa shape index (κ1) is 6.27. The van der Waals surface area contributed by atoms with Gasteiger partial charge >= 0.3 is 0 Å². The van der Waals surface area contributed by atoms with Crippen LogP contribution in [0.4, 0.5) is 11.4 Å². The van der Waals surface area contributed by atoms with Crippen LogP contribution in [0.25, 0.3) is 0 Å². The average molecular weight is 151 g/mol. The Labute approximate surface area is 63.4 Å². The summed E-state index contributed by atoms with van der Waals surface area (Å²) in [4.78, 5) is 13.5. The Bertz CT molecular complexity index is 342. The zero-order valence-electron chi connectivity index (χ0n) is 5.98. The minimum Gasteiger partial charge on any atom is -0.393 e. The van der Waals surface area contributed by atoms with Crippen LogP contribution in [0.3, 0.4) is 0 Å². The van der Waals surface area contributed by atoms with Gasteiger partial charge in [-0.2, -0.15) is 0 Å². The lowest BCUT2D eigenvalue weighted by Crippen LogP contribution is -2.12. The molecular weight excluding hydrogens is 142 g/mol. The van der Waals surface area contributed by atoms with Gasteiger partial charge in [0.15, 0.2) is 0 Å². The number of pyridine rings is 1. The molecule has 0 spiro atoms. The molecule has 0 unspecified atom stereocenters. The highest BCUT2D eigenvalue weighted by Gasteiger charge is 2.13. The second-order valence-corrected chi connectivity index (χ2v) is 2.61. The summed E-state index contributed by atoms with van der Waals surface area (Å²) in [6, 6.07) is 0. The van der Waals surface area contributed by atoms with Crippen molar-refractivity contribution in [2.75, 3.05) is 17.6 Å². The summed E-state index contributed by atoms with van der Waals surface area (Å²) in [6.45, 7) is 0.872. The molecule has 0 saturated carbocycles. The van der Waals surface area contributed by atoms with Gasteiger partial charge in [-0.05, 0) is 12.0 Å². The predicted octanol–water partition coefficient (Wildman–Crippen LogP) is -0.0749. The van der Waals surface area contributed by atoms with Crippen LogP contribution in [0.5, 0.6) is 0 Å². The lowest BCUT2D eigenvalue weighted by molar-refractivity contribution is 1.09. The van der Waals surface area contributed by atoms with Crippen LogP contribution >= 0.6 is 0 Å². The zero-order chi connectivity index (χ0) is 7.84. The van der Waals surface area contributed by atoms with Gasteiger partial charge in [0.2, 0.25) is 0 Å². The van der Waals surface area contributed by atoms with Gasteiger partial charge in [0.05, 0.1) is 5.69 Å². The number of hydrogen-bond donors (Lipinski definition) is 3. The normalized spacial score (nSPS) is 14.2. The van der Waals surface area contributed by atoms with E-state index in [4.69, 9.17) is 5.73 Å². The Morgan fingerprint density at radius 2 is 2.36 bits per heavy atom. The number of nitrogen functional groups attached to an aromatic ring is 1. The fourth-order valence-electron chi connectivity index (χ4n) is 1.32. The Hall–Kier alpha value is -1.45. The van der Waals surface area contributed by atoms with Gasteiger partial charge in [-0.25, -0.2) is 0 Å². The van der Waals surface area contributed by atoms with Crippen molar-refractivity contribution in [3.8, 4) is 0 Å². The Balaban J connectivity index is 2.72. The quantitative estimate of drug-likeness (QED) is 0.486. The number of fused-ring (bicyclic) bond motifs is 1. The summed E-state index contributed by atoms with van der Waals surface area (Å²) in [7, 11) is 0. The van der Waals surface area contributed by atoms with Crippen molar-refractivity contribution in [1.29, 1.82) is 0 Å². The maximum Gasteiger partial charge on any atom is 0.273 e. The Morgan fingerprint density at radius 3 is 3.18 bits per heavy atom. The summed E-state index contributed by atoms with van der Waals surface area (Å²) in [5, 5.41) is 3.06. The molecule has 0 bridgehead atoms. The molecule has 1 aromatic heterocycles.